The Morgan fingerprint density at radius 1 is 1.36 bits per heavy atom. The lowest BCUT2D eigenvalue weighted by atomic mass is 10.1. The van der Waals surface area contributed by atoms with E-state index in [-0.39, 0.29) is 35.6 Å². The number of anilines is 1. The van der Waals surface area contributed by atoms with E-state index in [1.54, 1.807) is 0 Å². The Labute approximate surface area is 129 Å². The first-order valence-electron chi connectivity index (χ1n) is 6.33. The molecule has 1 saturated heterocycles. The van der Waals surface area contributed by atoms with Gasteiger partial charge >= 0.3 is 5.97 Å². The molecule has 0 aromatic heterocycles. The molecule has 7 nitrogen and oxygen atoms in total. The van der Waals surface area contributed by atoms with Gasteiger partial charge in [0.05, 0.1) is 22.8 Å². The van der Waals surface area contributed by atoms with Crippen molar-refractivity contribution in [3.8, 4) is 0 Å². The van der Waals surface area contributed by atoms with Gasteiger partial charge in [-0.2, -0.15) is 0 Å². The highest BCUT2D eigenvalue weighted by molar-refractivity contribution is 7.91. The third-order valence-corrected chi connectivity index (χ3v) is 5.98. The van der Waals surface area contributed by atoms with Gasteiger partial charge in [0.25, 0.3) is 0 Å². The van der Waals surface area contributed by atoms with E-state index >= 15 is 0 Å². The van der Waals surface area contributed by atoms with Crippen LogP contribution in [0.2, 0.25) is 0 Å². The summed E-state index contributed by atoms with van der Waals surface area (Å²) in [6.45, 7) is 0. The lowest BCUT2D eigenvalue weighted by Crippen LogP contribution is -2.43. The molecule has 10 heteroatoms. The van der Waals surface area contributed by atoms with Crippen LogP contribution in [0.5, 0.6) is 0 Å². The number of carboxylic acids is 1. The molecular weight excluding hydrogens is 337 g/mol. The molecule has 0 saturated carbocycles. The number of carbonyl (C=O) groups is 1. The maximum atomic E-state index is 13.4. The van der Waals surface area contributed by atoms with Crippen LogP contribution in [0.25, 0.3) is 0 Å². The molecule has 0 aliphatic carbocycles. The summed E-state index contributed by atoms with van der Waals surface area (Å²) in [5.74, 6) is -2.56. The first-order valence-corrected chi connectivity index (χ1v) is 9.18. The summed E-state index contributed by atoms with van der Waals surface area (Å²) in [5.41, 5.74) is -0.663. The number of sulfone groups is 1. The van der Waals surface area contributed by atoms with E-state index in [0.29, 0.717) is 0 Å². The summed E-state index contributed by atoms with van der Waals surface area (Å²) >= 11 is -2.85. The number of carboxylic acid groups (broad SMARTS) is 1. The molecule has 1 fully saturated rings. The summed E-state index contributed by atoms with van der Waals surface area (Å²) in [6, 6.07) is 2.00. The Balaban J connectivity index is 2.43. The molecule has 0 bridgehead atoms. The van der Waals surface area contributed by atoms with Crippen LogP contribution < -0.4 is 4.31 Å². The van der Waals surface area contributed by atoms with Gasteiger partial charge in [0.1, 0.15) is 15.7 Å². The molecule has 1 atom stereocenters. The Morgan fingerprint density at radius 3 is 2.45 bits per heavy atom. The molecule has 1 aromatic carbocycles. The highest BCUT2D eigenvalue weighted by Crippen LogP contribution is 2.29. The van der Waals surface area contributed by atoms with Crippen molar-refractivity contribution < 1.29 is 31.5 Å². The van der Waals surface area contributed by atoms with E-state index in [0.717, 1.165) is 22.5 Å². The van der Waals surface area contributed by atoms with E-state index in [1.807, 2.05) is 0 Å². The van der Waals surface area contributed by atoms with Crippen molar-refractivity contribution in [2.24, 2.45) is 0 Å². The van der Waals surface area contributed by atoms with Gasteiger partial charge in [-0.3, -0.25) is 8.51 Å². The summed E-state index contributed by atoms with van der Waals surface area (Å²) < 4.78 is 60.0. The Hall–Kier alpha value is -1.52. The summed E-state index contributed by atoms with van der Waals surface area (Å²) in [7, 11) is -3.21. The lowest BCUT2D eigenvalue weighted by molar-refractivity contribution is 0.0697. The Bertz CT molecular complexity index is 706. The fraction of sp³-hybridized carbons (Fsp3) is 0.417. The van der Waals surface area contributed by atoms with E-state index < -0.39 is 38.9 Å². The quantitative estimate of drug-likeness (QED) is 0.800. The predicted octanol–water partition coefficient (Wildman–Crippen LogP) is 0.702. The number of halogens is 1. The number of hydrogen-bond acceptors (Lipinski definition) is 5. The lowest BCUT2D eigenvalue weighted by Gasteiger charge is -2.37. The number of benzene rings is 1. The highest BCUT2D eigenvalue weighted by atomic mass is 32.2. The first-order chi connectivity index (χ1) is 10.2. The number of aromatic carboxylic acids is 1. The van der Waals surface area contributed by atoms with Crippen molar-refractivity contribution in [2.75, 3.05) is 15.8 Å². The number of hydrogen-bond donors (Lipinski definition) is 1. The van der Waals surface area contributed by atoms with Gasteiger partial charge in [0.15, 0.2) is 0 Å². The van der Waals surface area contributed by atoms with Gasteiger partial charge in [-0.25, -0.2) is 17.6 Å². The van der Waals surface area contributed by atoms with E-state index in [4.69, 9.17) is 5.11 Å². The zero-order valence-electron chi connectivity index (χ0n) is 11.3. The van der Waals surface area contributed by atoms with Crippen molar-refractivity contribution in [1.29, 1.82) is 0 Å². The van der Waals surface area contributed by atoms with Crippen LogP contribution >= 0.6 is 0 Å². The summed E-state index contributed by atoms with van der Waals surface area (Å²) in [5, 5.41) is 9.12. The zero-order valence-corrected chi connectivity index (χ0v) is 12.9. The fourth-order valence-electron chi connectivity index (χ4n) is 2.38. The fourth-order valence-corrected chi connectivity index (χ4v) is 4.61. The SMILES string of the molecule is O=C(O)c1ccc(F)cc1N(C1CCS(=O)(=O)CC1)S(=O)[O-]. The molecule has 0 radical (unpaired) electrons. The number of nitrogens with zero attached hydrogens (tertiary/aromatic N) is 1. The van der Waals surface area contributed by atoms with Crippen LogP contribution in [-0.2, 0) is 21.1 Å². The van der Waals surface area contributed by atoms with Gasteiger partial charge in [-0.05, 0) is 31.0 Å². The summed E-state index contributed by atoms with van der Waals surface area (Å²) in [4.78, 5) is 11.2. The number of rotatable bonds is 4. The van der Waals surface area contributed by atoms with Crippen molar-refractivity contribution in [3.05, 3.63) is 29.6 Å². The highest BCUT2D eigenvalue weighted by Gasteiger charge is 2.31. The van der Waals surface area contributed by atoms with E-state index in [2.05, 4.69) is 0 Å². The van der Waals surface area contributed by atoms with Crippen LogP contribution in [0, 0.1) is 5.82 Å². The second-order valence-electron chi connectivity index (χ2n) is 4.89. The van der Waals surface area contributed by atoms with Gasteiger partial charge in [-0.1, -0.05) is 0 Å². The molecule has 1 N–H and O–H groups in total. The Kier molecular flexibility index (Phi) is 4.83. The largest absolute Gasteiger partial charge is 0.755 e. The van der Waals surface area contributed by atoms with Crippen LogP contribution in [0.1, 0.15) is 23.2 Å². The molecule has 122 valence electrons. The summed E-state index contributed by atoms with van der Waals surface area (Å²) in [6.07, 6.45) is 0.0672. The maximum Gasteiger partial charge on any atom is 0.337 e. The molecule has 1 heterocycles. The minimum absolute atomic E-state index is 0.0336. The zero-order chi connectivity index (χ0) is 16.5. The standard InChI is InChI=1S/C12H14FNO6S2/c13-8-1-2-10(12(15)16)11(7-8)14(21(17)18)9-3-5-22(19,20)6-4-9/h1-2,7,9H,3-6H2,(H,15,16)(H,17,18)/p-1. The topological polar surface area (TPSA) is 115 Å². The normalized spacial score (nSPS) is 19.5. The van der Waals surface area contributed by atoms with Crippen LogP contribution in [0.15, 0.2) is 18.2 Å². The van der Waals surface area contributed by atoms with Gasteiger partial charge in [0.2, 0.25) is 0 Å². The van der Waals surface area contributed by atoms with Crippen LogP contribution in [0.4, 0.5) is 10.1 Å². The molecule has 1 unspecified atom stereocenters. The van der Waals surface area contributed by atoms with Gasteiger partial charge in [0, 0.05) is 17.3 Å². The smallest absolute Gasteiger partial charge is 0.337 e. The first kappa shape index (κ1) is 16.8. The van der Waals surface area contributed by atoms with E-state index in [1.165, 1.54) is 0 Å². The van der Waals surface area contributed by atoms with Crippen molar-refractivity contribution in [2.45, 2.75) is 18.9 Å². The molecule has 1 aliphatic rings. The van der Waals surface area contributed by atoms with Gasteiger partial charge < -0.3 is 9.66 Å². The van der Waals surface area contributed by atoms with Crippen molar-refractivity contribution in [1.82, 2.24) is 0 Å². The minimum Gasteiger partial charge on any atom is -0.755 e. The average molecular weight is 350 g/mol. The van der Waals surface area contributed by atoms with Gasteiger partial charge in [-0.15, -0.1) is 0 Å². The molecule has 22 heavy (non-hydrogen) atoms. The van der Waals surface area contributed by atoms with Crippen LogP contribution in [0.3, 0.4) is 0 Å². The minimum atomic E-state index is -3.21. The van der Waals surface area contributed by atoms with Crippen LogP contribution in [-0.4, -0.2) is 45.8 Å². The van der Waals surface area contributed by atoms with Crippen molar-refractivity contribution in [3.63, 3.8) is 0 Å². The molecule has 1 aliphatic heterocycles. The molecule has 0 spiro atoms. The second kappa shape index (κ2) is 6.31. The third-order valence-electron chi connectivity index (χ3n) is 3.44. The third kappa shape index (κ3) is 3.62. The average Bonchev–Trinajstić information content (AvgIpc) is 2.40. The molecule has 2 rings (SSSR count). The van der Waals surface area contributed by atoms with Crippen molar-refractivity contribution >= 4 is 32.8 Å². The Morgan fingerprint density at radius 2 is 1.95 bits per heavy atom. The monoisotopic (exact) mass is 350 g/mol. The van der Waals surface area contributed by atoms with E-state index in [9.17, 15) is 26.4 Å². The predicted molar refractivity (Wildman–Crippen MR) is 76.4 cm³/mol. The maximum absolute atomic E-state index is 13.4. The molecular formula is C12H13FNO6S2-. The second-order valence-corrected chi connectivity index (χ2v) is 8.02. The molecule has 0 amide bonds. The molecule has 1 aromatic rings.